The molecule has 9 nitrogen and oxygen atoms in total. The number of nitrogens with one attached hydrogen (secondary N) is 2. The lowest BCUT2D eigenvalue weighted by atomic mass is 10.1. The number of hydrogen-bond donors (Lipinski definition) is 2. The fraction of sp³-hybridized carbons (Fsp3) is 0.409. The molecule has 2 N–H and O–H groups in total. The summed E-state index contributed by atoms with van der Waals surface area (Å²) in [6.45, 7) is 2.46. The molecule has 0 spiro atoms. The molecule has 1 aliphatic heterocycles. The fourth-order valence-electron chi connectivity index (χ4n) is 3.53. The van der Waals surface area contributed by atoms with E-state index in [2.05, 4.69) is 10.0 Å². The minimum atomic E-state index is -3.73. The van der Waals surface area contributed by atoms with E-state index < -0.39 is 26.0 Å². The van der Waals surface area contributed by atoms with E-state index in [0.29, 0.717) is 24.5 Å². The number of hydrogen-bond acceptors (Lipinski definition) is 6. The van der Waals surface area contributed by atoms with Gasteiger partial charge >= 0.3 is 0 Å². The van der Waals surface area contributed by atoms with E-state index in [1.807, 2.05) is 0 Å². The number of methoxy groups -OCH3 is 1. The first-order valence-corrected chi connectivity index (χ1v) is 13.9. The van der Waals surface area contributed by atoms with E-state index in [-0.39, 0.29) is 22.0 Å². The van der Waals surface area contributed by atoms with Gasteiger partial charge in [0.2, 0.25) is 20.0 Å². The van der Waals surface area contributed by atoms with Crippen LogP contribution in [0.3, 0.4) is 0 Å². The van der Waals surface area contributed by atoms with Gasteiger partial charge in [-0.15, -0.1) is 0 Å². The normalized spacial score (nSPS) is 15.5. The van der Waals surface area contributed by atoms with E-state index in [1.165, 1.54) is 48.7 Å². The van der Waals surface area contributed by atoms with Gasteiger partial charge in [0.15, 0.2) is 0 Å². The smallest absolute Gasteiger partial charge is 0.259 e. The summed E-state index contributed by atoms with van der Waals surface area (Å²) in [7, 11) is -5.73. The molecule has 0 bridgehead atoms. The van der Waals surface area contributed by atoms with Crippen molar-refractivity contribution in [3.8, 4) is 5.75 Å². The summed E-state index contributed by atoms with van der Waals surface area (Å²) >= 11 is 0. The fourth-order valence-corrected chi connectivity index (χ4v) is 5.71. The third kappa shape index (κ3) is 6.24. The van der Waals surface area contributed by atoms with Gasteiger partial charge in [-0.25, -0.2) is 16.8 Å². The standard InChI is InChI=1S/C22H29N3O6S2/c1-3-32(27,28)24-18-10-8-17(9-11-18)23-22(26)20-16-19(12-13-21(20)31-2)33(29,30)25-14-6-4-5-7-15-25/h8-13,16,24H,3-7,14-15H2,1-2H3,(H,23,26). The Bertz CT molecular complexity index is 1190. The van der Waals surface area contributed by atoms with Gasteiger partial charge < -0.3 is 10.1 Å². The van der Waals surface area contributed by atoms with Crippen LogP contribution in [0.2, 0.25) is 0 Å². The van der Waals surface area contributed by atoms with Gasteiger partial charge in [-0.3, -0.25) is 9.52 Å². The molecule has 1 saturated heterocycles. The lowest BCUT2D eigenvalue weighted by Gasteiger charge is -2.20. The van der Waals surface area contributed by atoms with Crippen molar-refractivity contribution in [3.05, 3.63) is 48.0 Å². The summed E-state index contributed by atoms with van der Waals surface area (Å²) in [5.74, 6) is -0.349. The number of amides is 1. The zero-order valence-electron chi connectivity index (χ0n) is 18.7. The Morgan fingerprint density at radius 2 is 1.55 bits per heavy atom. The molecule has 0 radical (unpaired) electrons. The molecular formula is C22H29N3O6S2. The Morgan fingerprint density at radius 3 is 2.12 bits per heavy atom. The van der Waals surface area contributed by atoms with E-state index >= 15 is 0 Å². The van der Waals surface area contributed by atoms with Crippen molar-refractivity contribution < 1.29 is 26.4 Å². The monoisotopic (exact) mass is 495 g/mol. The first-order valence-electron chi connectivity index (χ1n) is 10.8. The zero-order valence-corrected chi connectivity index (χ0v) is 20.3. The summed E-state index contributed by atoms with van der Waals surface area (Å²) in [6, 6.07) is 10.4. The highest BCUT2D eigenvalue weighted by molar-refractivity contribution is 7.92. The van der Waals surface area contributed by atoms with Gasteiger partial charge in [0, 0.05) is 24.5 Å². The number of nitrogens with zero attached hydrogens (tertiary/aromatic N) is 1. The topological polar surface area (TPSA) is 122 Å². The first kappa shape index (κ1) is 25.0. The number of sulfonamides is 2. The summed E-state index contributed by atoms with van der Waals surface area (Å²) in [6.07, 6.45) is 3.63. The Morgan fingerprint density at radius 1 is 0.939 bits per heavy atom. The lowest BCUT2D eigenvalue weighted by Crippen LogP contribution is -2.32. The Hall–Kier alpha value is -2.63. The molecule has 0 aliphatic carbocycles. The van der Waals surface area contributed by atoms with Crippen LogP contribution in [0, 0.1) is 0 Å². The van der Waals surface area contributed by atoms with Gasteiger partial charge in [-0.05, 0) is 62.2 Å². The highest BCUT2D eigenvalue weighted by Gasteiger charge is 2.27. The van der Waals surface area contributed by atoms with Gasteiger partial charge in [0.1, 0.15) is 5.75 Å². The van der Waals surface area contributed by atoms with E-state index in [9.17, 15) is 21.6 Å². The maximum absolute atomic E-state index is 13.1. The molecule has 33 heavy (non-hydrogen) atoms. The maximum atomic E-state index is 13.1. The summed E-state index contributed by atoms with van der Waals surface area (Å²) in [4.78, 5) is 13.0. The molecule has 1 heterocycles. The molecule has 3 rings (SSSR count). The van der Waals surface area contributed by atoms with E-state index in [1.54, 1.807) is 12.1 Å². The molecule has 0 atom stereocenters. The van der Waals surface area contributed by atoms with Gasteiger partial charge in [-0.2, -0.15) is 4.31 Å². The third-order valence-electron chi connectivity index (χ3n) is 5.41. The van der Waals surface area contributed by atoms with Crippen LogP contribution in [0.4, 0.5) is 11.4 Å². The van der Waals surface area contributed by atoms with Crippen molar-refractivity contribution in [2.24, 2.45) is 0 Å². The van der Waals surface area contributed by atoms with Crippen LogP contribution >= 0.6 is 0 Å². The van der Waals surface area contributed by atoms with Crippen LogP contribution in [-0.4, -0.2) is 53.0 Å². The minimum absolute atomic E-state index is 0.0414. The second-order valence-electron chi connectivity index (χ2n) is 7.72. The zero-order chi connectivity index (χ0) is 24.1. The van der Waals surface area contributed by atoms with Crippen molar-refractivity contribution in [2.45, 2.75) is 37.5 Å². The number of benzene rings is 2. The lowest BCUT2D eigenvalue weighted by molar-refractivity contribution is 0.102. The van der Waals surface area contributed by atoms with E-state index in [4.69, 9.17) is 4.74 Å². The highest BCUT2D eigenvalue weighted by atomic mass is 32.2. The number of anilines is 2. The van der Waals surface area contributed by atoms with Gasteiger partial charge in [0.25, 0.3) is 5.91 Å². The van der Waals surface area contributed by atoms with Crippen LogP contribution in [0.25, 0.3) is 0 Å². The Labute approximate surface area is 195 Å². The van der Waals surface area contributed by atoms with Crippen molar-refractivity contribution in [2.75, 3.05) is 36.0 Å². The number of carbonyl (C=O) groups excluding carboxylic acids is 1. The summed E-state index contributed by atoms with van der Waals surface area (Å²) in [5.41, 5.74) is 0.879. The maximum Gasteiger partial charge on any atom is 0.259 e. The van der Waals surface area contributed by atoms with Crippen LogP contribution < -0.4 is 14.8 Å². The quantitative estimate of drug-likeness (QED) is 0.580. The molecule has 0 saturated carbocycles. The predicted octanol–water partition coefficient (Wildman–Crippen LogP) is 3.27. The molecule has 1 aliphatic rings. The van der Waals surface area contributed by atoms with Crippen molar-refractivity contribution >= 4 is 37.3 Å². The summed E-state index contributed by atoms with van der Waals surface area (Å²) in [5, 5.41) is 2.70. The molecule has 180 valence electrons. The second kappa shape index (κ2) is 10.5. The SMILES string of the molecule is CCS(=O)(=O)Nc1ccc(NC(=O)c2cc(S(=O)(=O)N3CCCCCC3)ccc2OC)cc1. The summed E-state index contributed by atoms with van der Waals surface area (Å²) < 4.78 is 58.8. The van der Waals surface area contributed by atoms with Gasteiger partial charge in [-0.1, -0.05) is 12.8 Å². The van der Waals surface area contributed by atoms with Crippen LogP contribution in [0.1, 0.15) is 43.0 Å². The predicted molar refractivity (Wildman–Crippen MR) is 128 cm³/mol. The second-order valence-corrected chi connectivity index (χ2v) is 11.7. The molecule has 2 aromatic carbocycles. The largest absolute Gasteiger partial charge is 0.496 e. The molecule has 0 unspecified atom stereocenters. The van der Waals surface area contributed by atoms with E-state index in [0.717, 1.165) is 25.7 Å². The van der Waals surface area contributed by atoms with Crippen LogP contribution in [0.5, 0.6) is 5.75 Å². The average molecular weight is 496 g/mol. The highest BCUT2D eigenvalue weighted by Crippen LogP contribution is 2.27. The third-order valence-corrected chi connectivity index (χ3v) is 8.62. The number of ether oxygens (including phenoxy) is 1. The Balaban J connectivity index is 1.82. The molecular weight excluding hydrogens is 466 g/mol. The van der Waals surface area contributed by atoms with Crippen molar-refractivity contribution in [1.29, 1.82) is 0 Å². The molecule has 1 fully saturated rings. The minimum Gasteiger partial charge on any atom is -0.496 e. The molecule has 11 heteroatoms. The number of carbonyl (C=O) groups is 1. The first-order chi connectivity index (χ1) is 15.7. The van der Waals surface area contributed by atoms with Gasteiger partial charge in [0.05, 0.1) is 23.3 Å². The van der Waals surface area contributed by atoms with Crippen LogP contribution in [-0.2, 0) is 20.0 Å². The van der Waals surface area contributed by atoms with Crippen molar-refractivity contribution in [1.82, 2.24) is 4.31 Å². The molecule has 1 amide bonds. The van der Waals surface area contributed by atoms with Crippen molar-refractivity contribution in [3.63, 3.8) is 0 Å². The number of rotatable bonds is 8. The average Bonchev–Trinajstić information content (AvgIpc) is 3.10. The van der Waals surface area contributed by atoms with Crippen LogP contribution in [0.15, 0.2) is 47.4 Å². The Kier molecular flexibility index (Phi) is 7.98. The molecule has 0 aromatic heterocycles. The molecule has 2 aromatic rings.